The van der Waals surface area contributed by atoms with E-state index in [1.807, 2.05) is 0 Å². The first-order valence-electron chi connectivity index (χ1n) is 23.0. The van der Waals surface area contributed by atoms with Crippen LogP contribution in [0.4, 0.5) is 0 Å². The third-order valence-corrected chi connectivity index (χ3v) is 16.4. The Morgan fingerprint density at radius 2 is 1.30 bits per heavy atom. The van der Waals surface area contributed by atoms with Crippen LogP contribution in [0.25, 0.3) is 0 Å². The Morgan fingerprint density at radius 3 is 1.84 bits per heavy atom. The normalized spacial score (nSPS) is 28.9. The largest absolute Gasteiger partial charge is 3.00 e. The Labute approximate surface area is 509 Å². The number of fused-ring (bicyclic) bond motifs is 5. The third-order valence-electron chi connectivity index (χ3n) is 15.7. The average Bonchev–Trinajstić information content (AvgIpc) is 3.55. The molecule has 4 fully saturated rings. The van der Waals surface area contributed by atoms with Crippen LogP contribution in [-0.4, -0.2) is 199 Å². The minimum Gasteiger partial charge on any atom is -0.480 e. The maximum absolute atomic E-state index is 13.5. The van der Waals surface area contributed by atoms with E-state index in [4.69, 9.17) is 4.55 Å². The number of nitrogens with one attached hydrogen (secondary N) is 2. The van der Waals surface area contributed by atoms with Gasteiger partial charge in [-0.15, -0.1) is 0 Å². The maximum Gasteiger partial charge on any atom is 3.00 e. The molecule has 0 saturated heterocycles. The fraction of sp³-hybridized carbons (Fsp3) is 0.860. The zero-order valence-electron chi connectivity index (χ0n) is 41.6. The van der Waals surface area contributed by atoms with Gasteiger partial charge in [0.05, 0.1) is 37.6 Å². The summed E-state index contributed by atoms with van der Waals surface area (Å²) in [5.74, 6) is -6.32. The molecular weight excluding hydrogens is 1120 g/mol. The summed E-state index contributed by atoms with van der Waals surface area (Å²) in [5, 5.41) is 86.9. The molecule has 4 rings (SSSR count). The topological polar surface area (TPSA) is 352 Å². The molecule has 22 nitrogen and oxygen atoms in total. The van der Waals surface area contributed by atoms with Crippen LogP contribution in [0.2, 0.25) is 0 Å². The number of aliphatic carboxylic acids is 4. The van der Waals surface area contributed by atoms with Gasteiger partial charge in [0.2, 0.25) is 11.8 Å². The van der Waals surface area contributed by atoms with Crippen LogP contribution in [0.15, 0.2) is 0 Å². The molecule has 4 saturated carbocycles. The minimum absolute atomic E-state index is 0. The van der Waals surface area contributed by atoms with E-state index in [-0.39, 0.29) is 233 Å². The van der Waals surface area contributed by atoms with Crippen LogP contribution in [0, 0.1) is 86.3 Å². The van der Waals surface area contributed by atoms with E-state index in [2.05, 4.69) is 31.4 Å². The molecule has 12 atom stereocenters. The molecule has 383 valence electrons. The van der Waals surface area contributed by atoms with E-state index < -0.39 is 102 Å². The summed E-state index contributed by atoms with van der Waals surface area (Å²) in [5.41, 5.74) is -0.723. The molecule has 0 aromatic carbocycles. The average molecular weight is 1190 g/mol. The zero-order valence-corrected chi connectivity index (χ0v) is 50.7. The third kappa shape index (κ3) is 20.3. The molecule has 11 N–H and O–H groups in total. The van der Waals surface area contributed by atoms with Gasteiger partial charge < -0.3 is 51.5 Å². The number of aliphatic hydroxyl groups is 4. The first-order chi connectivity index (χ1) is 30.7. The molecule has 0 aromatic rings. The van der Waals surface area contributed by atoms with Gasteiger partial charge in [-0.2, -0.15) is 8.42 Å². The van der Waals surface area contributed by atoms with E-state index in [9.17, 15) is 78.0 Å². The molecule has 0 bridgehead atoms. The van der Waals surface area contributed by atoms with Crippen molar-refractivity contribution in [3.05, 3.63) is 0 Å². The first kappa shape index (κ1) is 70.8. The minimum atomic E-state index is -4.19. The van der Waals surface area contributed by atoms with Gasteiger partial charge in [-0.05, 0) is 104 Å². The second-order valence-corrected chi connectivity index (χ2v) is 21.4. The fourth-order valence-electron chi connectivity index (χ4n) is 12.5. The molecule has 4 aliphatic rings. The summed E-state index contributed by atoms with van der Waals surface area (Å²) in [6, 6.07) is -1.61. The predicted molar refractivity (Wildman–Crippen MR) is 234 cm³/mol. The number of amides is 2. The van der Waals surface area contributed by atoms with Crippen molar-refractivity contribution in [2.45, 2.75) is 122 Å². The smallest absolute Gasteiger partial charge is 0.480 e. The Kier molecular flexibility index (Phi) is 32.2. The summed E-state index contributed by atoms with van der Waals surface area (Å²) in [7, 11) is -4.19. The second kappa shape index (κ2) is 31.9. The Balaban J connectivity index is 0.0000119. The van der Waals surface area contributed by atoms with Crippen molar-refractivity contribution < 1.29 is 211 Å². The van der Waals surface area contributed by atoms with Gasteiger partial charge >= 0.3 is 152 Å². The van der Waals surface area contributed by atoms with Crippen LogP contribution in [0.5, 0.6) is 0 Å². The number of hydrogen-bond donors (Lipinski definition) is 11. The van der Waals surface area contributed by atoms with E-state index in [1.54, 1.807) is 0 Å². The number of rotatable bonds is 27. The molecule has 0 aromatic heterocycles. The Bertz CT molecular complexity index is 1830. The van der Waals surface area contributed by atoms with Crippen molar-refractivity contribution in [1.29, 1.82) is 0 Å². The monoisotopic (exact) mass is 1190 g/mol. The predicted octanol–water partition coefficient (Wildman–Crippen LogP) is -9.79. The number of carbonyl (C=O) groups excluding carboxylic acids is 2. The summed E-state index contributed by atoms with van der Waals surface area (Å²) < 4.78 is 31.0. The maximum atomic E-state index is 13.5. The van der Waals surface area contributed by atoms with E-state index in [0.717, 1.165) is 24.2 Å². The quantitative estimate of drug-likeness (QED) is 0.0207. The molecule has 2 amide bonds. The molecule has 70 heavy (non-hydrogen) atoms. The molecule has 0 aliphatic heterocycles. The number of aliphatic hydroxyl groups excluding tert-OH is 3. The van der Waals surface area contributed by atoms with Crippen molar-refractivity contribution in [2.75, 3.05) is 64.7 Å². The Morgan fingerprint density at radius 1 is 0.743 bits per heavy atom. The van der Waals surface area contributed by atoms with Crippen molar-refractivity contribution in [3.8, 4) is 0 Å². The van der Waals surface area contributed by atoms with Crippen LogP contribution in [0.1, 0.15) is 91.4 Å². The zero-order chi connectivity index (χ0) is 49.3. The van der Waals surface area contributed by atoms with Gasteiger partial charge in [-0.1, -0.05) is 20.8 Å². The van der Waals surface area contributed by atoms with Gasteiger partial charge in [0.15, 0.2) is 6.29 Å². The molecule has 0 heterocycles. The van der Waals surface area contributed by atoms with E-state index in [1.165, 1.54) is 9.80 Å². The van der Waals surface area contributed by atoms with Gasteiger partial charge in [0, 0.05) is 58.2 Å². The van der Waals surface area contributed by atoms with Gasteiger partial charge in [0.25, 0.3) is 10.1 Å². The molecule has 0 spiro atoms. The number of carbonyl (C=O) groups is 6. The number of hydrogen-bond acceptors (Lipinski definition) is 15. The van der Waals surface area contributed by atoms with Crippen molar-refractivity contribution in [2.24, 2.45) is 46.3 Å². The molecule has 1 radical (unpaired) electrons. The van der Waals surface area contributed by atoms with Crippen molar-refractivity contribution >= 4 is 45.8 Å². The SMILES string of the molecule is CC(CCC(=O)NCCS(=O)(=O)O)[C@H]1CCC2C3C(C[C@H](O)[C@@]21C)[C@@]1(C)CC[C@H](NC(=O)CC[C@H](C(=O)O)N(CCN(CC(=O)O)CC(=O)O)CCN(CC(=O)O)CC(O)O)CC1C[C@H]3O.[Gd+3].[Na+].[Na+].[Na+]. The molecular formula is C43H73GdN5Na3O17S+6. The summed E-state index contributed by atoms with van der Waals surface area (Å²) >= 11 is 0. The van der Waals surface area contributed by atoms with Gasteiger partial charge in [0.1, 0.15) is 6.04 Å². The second-order valence-electron chi connectivity index (χ2n) is 19.8. The van der Waals surface area contributed by atoms with Crippen molar-refractivity contribution in [3.63, 3.8) is 0 Å². The van der Waals surface area contributed by atoms with Crippen molar-refractivity contribution in [1.82, 2.24) is 25.3 Å². The molecule has 27 heteroatoms. The first-order valence-corrected chi connectivity index (χ1v) is 24.7. The van der Waals surface area contributed by atoms with Crippen LogP contribution in [-0.2, 0) is 38.9 Å². The van der Waals surface area contributed by atoms with E-state index in [0.29, 0.717) is 32.1 Å². The number of carboxylic acids is 4. The standard InChI is InChI=1S/C43H73N5O17S.Gd.3Na/c1-25(4-8-34(51)44-12-17-66(63,64)65)28-5-6-29-40-30(20-33(50)43(28,29)3)42(2)11-10-27(18-26(42)19-32(40)49)45-35(52)9-7-31(41(61)62)48(15-13-46(21-36(53)54)22-37(55)56)16-14-47(23-38(57)58)24-39(59)60;;;;/h25-33,36,40,49-50,53-54H,4-24H2,1-3H3,(H,44,51)(H,45,52)(H,55,56)(H,57,58)(H,59,60)(H,61,62)(H,63,64,65);;;;/q;+3;3*+1/t25?,26?,27-,28+,29?,30?,31+,32+,33-,40?,42-,43+;;;;/m0..../s1. The number of nitrogens with zero attached hydrogens (tertiary/aromatic N) is 3. The van der Waals surface area contributed by atoms with Crippen LogP contribution >= 0.6 is 0 Å². The summed E-state index contributed by atoms with van der Waals surface area (Å²) in [6.07, 6.45) is 1.66. The van der Waals surface area contributed by atoms with Gasteiger partial charge in [-0.3, -0.25) is 48.0 Å². The molecule has 4 aliphatic carbocycles. The number of carboxylic acid groups (broad SMARTS) is 4. The van der Waals surface area contributed by atoms with Crippen LogP contribution < -0.4 is 99.3 Å². The van der Waals surface area contributed by atoms with Crippen LogP contribution in [0.3, 0.4) is 0 Å². The van der Waals surface area contributed by atoms with E-state index >= 15 is 0 Å². The fourth-order valence-corrected chi connectivity index (χ4v) is 12.9. The summed E-state index contributed by atoms with van der Waals surface area (Å²) in [6.45, 7) is 3.16. The van der Waals surface area contributed by atoms with Gasteiger partial charge in [-0.25, -0.2) is 0 Å². The Hall–Kier alpha value is 0.775. The summed E-state index contributed by atoms with van der Waals surface area (Å²) in [4.78, 5) is 76.7. The molecule has 5 unspecified atom stereocenters.